The Morgan fingerprint density at radius 2 is 1.86 bits per heavy atom. The average molecular weight is 714 g/mol. The molecule has 2 aromatic rings. The van der Waals surface area contributed by atoms with Crippen molar-refractivity contribution in [2.24, 2.45) is 5.92 Å². The van der Waals surface area contributed by atoms with Crippen molar-refractivity contribution in [1.82, 2.24) is 20.1 Å². The molecule has 4 bridgehead atoms. The highest BCUT2D eigenvalue weighted by molar-refractivity contribution is 5.89. The van der Waals surface area contributed by atoms with Crippen LogP contribution >= 0.6 is 0 Å². The molecular weight excluding hydrogens is 672 g/mol. The van der Waals surface area contributed by atoms with Gasteiger partial charge in [-0.15, -0.1) is 10.2 Å². The van der Waals surface area contributed by atoms with E-state index in [-0.39, 0.29) is 13.0 Å². The number of aromatic nitrogens is 3. The fourth-order valence-corrected chi connectivity index (χ4v) is 5.29. The molecule has 50 heavy (non-hydrogen) atoms. The van der Waals surface area contributed by atoms with Gasteiger partial charge in [0.2, 0.25) is 11.5 Å². The van der Waals surface area contributed by atoms with Gasteiger partial charge in [0, 0.05) is 18.9 Å². The van der Waals surface area contributed by atoms with Gasteiger partial charge in [0.1, 0.15) is 5.60 Å². The van der Waals surface area contributed by atoms with E-state index in [0.29, 0.717) is 30.9 Å². The Hall–Kier alpha value is -4.21. The molecule has 2 aliphatic rings. The van der Waals surface area contributed by atoms with Crippen molar-refractivity contribution in [1.29, 1.82) is 0 Å². The van der Waals surface area contributed by atoms with Gasteiger partial charge in [-0.1, -0.05) is 50.6 Å². The number of amides is 2. The molecule has 0 saturated heterocycles. The number of hydrogen-bond acceptors (Lipinski definition) is 8. The van der Waals surface area contributed by atoms with Crippen LogP contribution in [0.15, 0.2) is 46.9 Å². The van der Waals surface area contributed by atoms with Crippen LogP contribution in [-0.2, 0) is 32.6 Å². The predicted octanol–water partition coefficient (Wildman–Crippen LogP) is 8.66. The first-order valence-corrected chi connectivity index (χ1v) is 16.3. The summed E-state index contributed by atoms with van der Waals surface area (Å²) >= 11 is 0. The maximum absolute atomic E-state index is 15.2. The molecule has 0 spiro atoms. The molecule has 1 aliphatic heterocycles. The Kier molecular flexibility index (Phi) is 11.9. The number of alkyl halides is 6. The minimum Gasteiger partial charge on any atom is -0.444 e. The van der Waals surface area contributed by atoms with E-state index in [2.05, 4.69) is 27.1 Å². The van der Waals surface area contributed by atoms with Crippen molar-refractivity contribution >= 4 is 17.7 Å². The monoisotopic (exact) mass is 713 g/mol. The zero-order valence-electron chi connectivity index (χ0n) is 28.3. The summed E-state index contributed by atoms with van der Waals surface area (Å²) in [6.45, 7) is 8.91. The van der Waals surface area contributed by atoms with Crippen LogP contribution in [0.5, 0.6) is 0 Å². The molecule has 1 atom stereocenters. The number of allylic oxidation sites excluding steroid dienone is 1. The number of rotatable bonds is 8. The van der Waals surface area contributed by atoms with E-state index in [9.17, 15) is 22.8 Å². The van der Waals surface area contributed by atoms with Gasteiger partial charge in [-0.25, -0.2) is 9.78 Å². The summed E-state index contributed by atoms with van der Waals surface area (Å²) in [5, 5.41) is 9.63. The van der Waals surface area contributed by atoms with Crippen molar-refractivity contribution in [3.8, 4) is 11.6 Å². The third-order valence-electron chi connectivity index (χ3n) is 8.16. The number of fused-ring (bicyclic) bond motifs is 5. The Labute approximate surface area is 286 Å². The lowest BCUT2D eigenvalue weighted by molar-refractivity contribution is -0.289. The normalized spacial score (nSPS) is 20.0. The van der Waals surface area contributed by atoms with E-state index in [0.717, 1.165) is 12.8 Å². The van der Waals surface area contributed by atoms with Gasteiger partial charge in [0.05, 0.1) is 30.1 Å². The Morgan fingerprint density at radius 1 is 1.14 bits per heavy atom. The lowest BCUT2D eigenvalue weighted by Crippen LogP contribution is -2.45. The Bertz CT molecular complexity index is 1610. The van der Waals surface area contributed by atoms with E-state index < -0.39 is 95.5 Å². The Balaban J connectivity index is 1.94. The fraction of sp³-hybridized carbons (Fsp3) is 0.559. The van der Waals surface area contributed by atoms with Crippen molar-refractivity contribution in [3.63, 3.8) is 0 Å². The molecule has 3 heterocycles. The van der Waals surface area contributed by atoms with Gasteiger partial charge in [-0.2, -0.15) is 26.3 Å². The zero-order chi connectivity index (χ0) is 36.9. The number of ether oxygens (including phenoxy) is 2. The molecule has 0 aromatic carbocycles. The summed E-state index contributed by atoms with van der Waals surface area (Å²) in [6.07, 6.45) is -3.30. The van der Waals surface area contributed by atoms with Crippen LogP contribution < -0.4 is 5.32 Å². The first-order valence-electron chi connectivity index (χ1n) is 16.3. The van der Waals surface area contributed by atoms with E-state index >= 15 is 13.2 Å². The maximum Gasteiger partial charge on any atom is 0.426 e. The molecule has 1 unspecified atom stereocenters. The second-order valence-electron chi connectivity index (χ2n) is 13.2. The van der Waals surface area contributed by atoms with E-state index in [1.54, 1.807) is 6.08 Å². The van der Waals surface area contributed by atoms with Crippen molar-refractivity contribution in [3.05, 3.63) is 59.7 Å². The fourth-order valence-electron chi connectivity index (χ4n) is 5.29. The number of halogens is 6. The number of unbranched alkanes of at least 4 members (excludes halogenated alkanes) is 1. The minimum atomic E-state index is -5.14. The standard InChI is InChI=1S/C34H41F6N5O5/c1-6-8-13-21(7-2)20-48-32(34(38,39)40)16-10-9-11-17-45(28(46)22-14-12-15-22)19-25-23(33(35,36)37)18-24(42-30(47)50-31(3,4)5)26(41-25)27-43-44-29(32)49-27/h7,9-10,13,18,22H,2,6,8,11-12,14-17,19-20H2,1,3-5H3,(H,42,47)/b10-9+,21-13+. The predicted molar refractivity (Wildman–Crippen MR) is 170 cm³/mol. The van der Waals surface area contributed by atoms with Gasteiger partial charge in [-0.05, 0) is 58.1 Å². The largest absolute Gasteiger partial charge is 0.444 e. The molecule has 274 valence electrons. The smallest absolute Gasteiger partial charge is 0.426 e. The second-order valence-corrected chi connectivity index (χ2v) is 13.2. The van der Waals surface area contributed by atoms with E-state index in [1.807, 2.05) is 6.92 Å². The summed E-state index contributed by atoms with van der Waals surface area (Å²) in [4.78, 5) is 31.5. The van der Waals surface area contributed by atoms with E-state index in [1.165, 1.54) is 43.9 Å². The molecule has 1 N–H and O–H groups in total. The molecule has 2 amide bonds. The Morgan fingerprint density at radius 3 is 2.44 bits per heavy atom. The van der Waals surface area contributed by atoms with Crippen molar-refractivity contribution < 1.29 is 49.8 Å². The molecule has 1 aliphatic carbocycles. The summed E-state index contributed by atoms with van der Waals surface area (Å²) in [5.74, 6) is -2.56. The van der Waals surface area contributed by atoms with Crippen LogP contribution in [0.2, 0.25) is 0 Å². The van der Waals surface area contributed by atoms with Crippen molar-refractivity contribution in [2.75, 3.05) is 18.5 Å². The SMILES string of the molecule is C=C/C(=C\CCC)COC1(C(F)(F)F)C/C=C/CCN(C(=O)C2CCC2)Cc2nc(c(NC(=O)OC(C)(C)C)cc2C(F)(F)F)-c2nnc1o2. The van der Waals surface area contributed by atoms with Crippen molar-refractivity contribution in [2.45, 2.75) is 103 Å². The molecule has 1 saturated carbocycles. The highest BCUT2D eigenvalue weighted by Crippen LogP contribution is 2.46. The average Bonchev–Trinajstić information content (AvgIpc) is 3.46. The number of carbonyl (C=O) groups excluding carboxylic acids is 2. The van der Waals surface area contributed by atoms with Crippen LogP contribution in [0.3, 0.4) is 0 Å². The maximum atomic E-state index is 15.2. The zero-order valence-corrected chi connectivity index (χ0v) is 28.3. The molecule has 2 aromatic heterocycles. The van der Waals surface area contributed by atoms with Crippen LogP contribution in [0, 0.1) is 5.92 Å². The number of nitrogens with one attached hydrogen (secondary N) is 1. The van der Waals surface area contributed by atoms with Gasteiger partial charge >= 0.3 is 18.4 Å². The first kappa shape index (κ1) is 38.6. The van der Waals surface area contributed by atoms with E-state index in [4.69, 9.17) is 13.9 Å². The molecule has 10 nitrogen and oxygen atoms in total. The number of hydrogen-bond donors (Lipinski definition) is 1. The molecule has 4 rings (SSSR count). The lowest BCUT2D eigenvalue weighted by Gasteiger charge is -2.33. The van der Waals surface area contributed by atoms with Gasteiger partial charge < -0.3 is 18.8 Å². The molecule has 1 fully saturated rings. The van der Waals surface area contributed by atoms with Crippen LogP contribution in [0.25, 0.3) is 11.6 Å². The molecular formula is C34H41F6N5O5. The third kappa shape index (κ3) is 9.11. The summed E-state index contributed by atoms with van der Waals surface area (Å²) < 4.78 is 106. The second kappa shape index (κ2) is 15.4. The number of carbonyl (C=O) groups is 2. The van der Waals surface area contributed by atoms with Gasteiger partial charge in [-0.3, -0.25) is 10.1 Å². The highest BCUT2D eigenvalue weighted by atomic mass is 19.4. The van der Waals surface area contributed by atoms with Gasteiger partial charge in [0.25, 0.3) is 11.8 Å². The third-order valence-corrected chi connectivity index (χ3v) is 8.16. The minimum absolute atomic E-state index is 0.0162. The van der Waals surface area contributed by atoms with Gasteiger partial charge in [0.15, 0.2) is 5.69 Å². The molecule has 0 radical (unpaired) electrons. The topological polar surface area (TPSA) is 120 Å². The summed E-state index contributed by atoms with van der Waals surface area (Å²) in [5.41, 5.74) is -7.00. The number of anilines is 1. The number of nitrogens with zero attached hydrogens (tertiary/aromatic N) is 4. The summed E-state index contributed by atoms with van der Waals surface area (Å²) in [7, 11) is 0. The number of pyridine rings is 1. The van der Waals surface area contributed by atoms with Crippen LogP contribution in [0.4, 0.5) is 36.8 Å². The lowest BCUT2D eigenvalue weighted by atomic mass is 9.84. The highest BCUT2D eigenvalue weighted by Gasteiger charge is 2.61. The summed E-state index contributed by atoms with van der Waals surface area (Å²) in [6, 6.07) is 0.561. The quantitative estimate of drug-likeness (QED) is 0.164. The van der Waals surface area contributed by atoms with Crippen LogP contribution in [-0.4, -0.2) is 57.0 Å². The molecule has 16 heteroatoms. The van der Waals surface area contributed by atoms with Crippen LogP contribution in [0.1, 0.15) is 89.8 Å². The first-order chi connectivity index (χ1) is 23.4.